The number of aromatic nitrogens is 1. The summed E-state index contributed by atoms with van der Waals surface area (Å²) in [6, 6.07) is 29.2. The molecule has 1 heterocycles. The van der Waals surface area contributed by atoms with Gasteiger partial charge in [-0.3, -0.25) is 0 Å². The van der Waals surface area contributed by atoms with Crippen LogP contribution in [-0.2, 0) is 21.7 Å². The molecule has 3 nitrogen and oxygen atoms in total. The van der Waals surface area contributed by atoms with Crippen LogP contribution in [0.25, 0.3) is 44.8 Å². The van der Waals surface area contributed by atoms with Crippen LogP contribution >= 0.6 is 0 Å². The number of fused-ring (bicyclic) bond motifs is 1. The van der Waals surface area contributed by atoms with E-state index < -0.39 is 0 Å². The number of hydrogen-bond acceptors (Lipinski definition) is 3. The lowest BCUT2D eigenvalue weighted by atomic mass is 9.30. The van der Waals surface area contributed by atoms with Crippen LogP contribution in [0.2, 0.25) is 0 Å². The molecule has 320 valence electrons. The fraction of sp³-hybridized carbons (Fsp3) is 0.508. The second-order valence-corrected chi connectivity index (χ2v) is 24.5. The SMILES string of the molecule is Cc1ccc(-c2cc(C(C)(C)C)cc(C34CC5CC(CC(C5)C3)C4)c2O)c(-c2cccc(-c3cc(C)ccc3-c3cc(C(C)(C)C)cc(C45CC6CC7CC(C4)C75C6)c3O)n2)c1. The summed E-state index contributed by atoms with van der Waals surface area (Å²) in [5.41, 5.74) is 15.7. The minimum atomic E-state index is -0.0730. The normalized spacial score (nSPS) is 32.5. The van der Waals surface area contributed by atoms with Crippen LogP contribution < -0.4 is 0 Å². The van der Waals surface area contributed by atoms with E-state index in [-0.39, 0.29) is 21.7 Å². The first-order valence-electron chi connectivity index (χ1n) is 24.4. The van der Waals surface area contributed by atoms with E-state index in [4.69, 9.17) is 4.98 Å². The predicted molar refractivity (Wildman–Crippen MR) is 254 cm³/mol. The third-order valence-electron chi connectivity index (χ3n) is 18.7. The molecule has 5 aromatic rings. The highest BCUT2D eigenvalue weighted by Gasteiger charge is 2.81. The Hall–Kier alpha value is -4.37. The third-order valence-corrected chi connectivity index (χ3v) is 18.7. The van der Waals surface area contributed by atoms with Crippen LogP contribution in [0, 0.1) is 54.8 Å². The number of phenolic OH excluding ortho intramolecular Hbond substituents is 2. The molecule has 5 atom stereocenters. The number of nitrogens with zero attached hydrogens (tertiary/aromatic N) is 1. The van der Waals surface area contributed by atoms with Crippen molar-refractivity contribution >= 4 is 0 Å². The molecule has 3 heteroatoms. The maximum atomic E-state index is 12.8. The van der Waals surface area contributed by atoms with Gasteiger partial charge in [0.1, 0.15) is 11.5 Å². The molecule has 8 aliphatic carbocycles. The van der Waals surface area contributed by atoms with E-state index in [1.54, 1.807) is 0 Å². The monoisotopic (exact) mass is 822 g/mol. The van der Waals surface area contributed by atoms with Gasteiger partial charge in [0.25, 0.3) is 0 Å². The second kappa shape index (κ2) is 12.9. The highest BCUT2D eigenvalue weighted by Crippen LogP contribution is 2.87. The van der Waals surface area contributed by atoms with Crippen LogP contribution in [0.15, 0.2) is 78.9 Å². The second-order valence-electron chi connectivity index (χ2n) is 24.5. The van der Waals surface area contributed by atoms with Crippen molar-refractivity contribution in [2.75, 3.05) is 0 Å². The van der Waals surface area contributed by atoms with Gasteiger partial charge < -0.3 is 10.2 Å². The molecule has 0 aliphatic heterocycles. The molecule has 8 saturated carbocycles. The predicted octanol–water partition coefficient (Wildman–Crippen LogP) is 14.9. The zero-order valence-electron chi connectivity index (χ0n) is 38.6. The minimum absolute atomic E-state index is 0.0612. The van der Waals surface area contributed by atoms with Gasteiger partial charge in [-0.2, -0.15) is 0 Å². The average molecular weight is 822 g/mol. The molecule has 0 radical (unpaired) electrons. The highest BCUT2D eigenvalue weighted by molar-refractivity contribution is 5.90. The Labute approximate surface area is 370 Å². The van der Waals surface area contributed by atoms with Crippen molar-refractivity contribution in [2.24, 2.45) is 40.9 Å². The van der Waals surface area contributed by atoms with E-state index in [0.717, 1.165) is 80.3 Å². The molecular formula is C59H67NO2. The fourth-order valence-corrected chi connectivity index (χ4v) is 16.4. The van der Waals surface area contributed by atoms with E-state index in [0.29, 0.717) is 16.9 Å². The third kappa shape index (κ3) is 5.44. The van der Waals surface area contributed by atoms with Gasteiger partial charge in [0.2, 0.25) is 0 Å². The average Bonchev–Trinajstić information content (AvgIpc) is 3.70. The van der Waals surface area contributed by atoms with Gasteiger partial charge in [-0.15, -0.1) is 0 Å². The molecular weight excluding hydrogens is 755 g/mol. The first-order valence-corrected chi connectivity index (χ1v) is 24.4. The van der Waals surface area contributed by atoms with Crippen LogP contribution in [0.1, 0.15) is 146 Å². The Morgan fingerprint density at radius 2 is 1.00 bits per heavy atom. The summed E-state index contributed by atoms with van der Waals surface area (Å²) in [5, 5.41) is 25.5. The summed E-state index contributed by atoms with van der Waals surface area (Å²) in [5.74, 6) is 5.84. The first kappa shape index (κ1) is 39.2. The fourth-order valence-electron chi connectivity index (χ4n) is 16.4. The summed E-state index contributed by atoms with van der Waals surface area (Å²) >= 11 is 0. The van der Waals surface area contributed by atoms with Crippen LogP contribution in [0.5, 0.6) is 11.5 Å². The highest BCUT2D eigenvalue weighted by atomic mass is 16.3. The van der Waals surface area contributed by atoms with Gasteiger partial charge in [0.15, 0.2) is 0 Å². The summed E-state index contributed by atoms with van der Waals surface area (Å²) < 4.78 is 0. The number of rotatable bonds is 6. The van der Waals surface area contributed by atoms with Crippen molar-refractivity contribution in [2.45, 2.75) is 148 Å². The molecule has 1 spiro atoms. The molecule has 2 N–H and O–H groups in total. The van der Waals surface area contributed by atoms with Gasteiger partial charge >= 0.3 is 0 Å². The summed E-state index contributed by atoms with van der Waals surface area (Å²) in [7, 11) is 0. The number of hydrogen-bond donors (Lipinski definition) is 2. The molecule has 0 amide bonds. The number of benzene rings is 4. The van der Waals surface area contributed by atoms with Crippen molar-refractivity contribution in [3.8, 4) is 56.3 Å². The van der Waals surface area contributed by atoms with Crippen molar-refractivity contribution < 1.29 is 10.2 Å². The Morgan fingerprint density at radius 3 is 1.50 bits per heavy atom. The van der Waals surface area contributed by atoms with Gasteiger partial charge in [0, 0.05) is 38.8 Å². The topological polar surface area (TPSA) is 53.4 Å². The zero-order chi connectivity index (χ0) is 42.9. The van der Waals surface area contributed by atoms with Crippen molar-refractivity contribution in [1.82, 2.24) is 4.98 Å². The molecule has 8 fully saturated rings. The lowest BCUT2D eigenvalue weighted by molar-refractivity contribution is -0.199. The molecule has 62 heavy (non-hydrogen) atoms. The van der Waals surface area contributed by atoms with Crippen LogP contribution in [0.3, 0.4) is 0 Å². The summed E-state index contributed by atoms with van der Waals surface area (Å²) in [6.45, 7) is 18.2. The van der Waals surface area contributed by atoms with Crippen LogP contribution in [0.4, 0.5) is 0 Å². The Morgan fingerprint density at radius 1 is 0.484 bits per heavy atom. The maximum absolute atomic E-state index is 12.8. The van der Waals surface area contributed by atoms with Gasteiger partial charge in [-0.1, -0.05) is 95.1 Å². The molecule has 13 rings (SSSR count). The Balaban J connectivity index is 0.998. The molecule has 1 aromatic heterocycles. The lowest BCUT2D eigenvalue weighted by Gasteiger charge is -2.73. The van der Waals surface area contributed by atoms with Gasteiger partial charge in [0.05, 0.1) is 11.4 Å². The van der Waals surface area contributed by atoms with E-state index in [9.17, 15) is 10.2 Å². The first-order chi connectivity index (χ1) is 29.4. The smallest absolute Gasteiger partial charge is 0.127 e. The van der Waals surface area contributed by atoms with Crippen molar-refractivity contribution in [3.05, 3.63) is 112 Å². The molecule has 0 saturated heterocycles. The molecule has 5 unspecified atom stereocenters. The number of phenols is 2. The Bertz CT molecular complexity index is 2670. The number of aromatic hydroxyl groups is 2. The standard InChI is InChI=1S/C59H67NO2/c1-33-12-14-43(47-23-39(55(3,4)5)25-49(53(47)61)57-27-35-18-36(28-57)20-37(19-35)29-57)45(16-33)51-10-9-11-52(60-51)46-17-34(2)13-15-44(46)48-24-40(56(6,7)8)26-50(54(48)62)58-30-38-21-41-22-42(32-58)59(41,58)31-38/h9-17,23-26,35-38,41-42,61-62H,18-22,27-32H2,1-8H3. The lowest BCUT2D eigenvalue weighted by Crippen LogP contribution is -2.68. The Kier molecular flexibility index (Phi) is 8.15. The molecule has 6 bridgehead atoms. The van der Waals surface area contributed by atoms with Gasteiger partial charge in [-0.25, -0.2) is 4.98 Å². The number of aryl methyl sites for hydroxylation is 2. The quantitative estimate of drug-likeness (QED) is 0.179. The van der Waals surface area contributed by atoms with E-state index in [1.165, 1.54) is 104 Å². The zero-order valence-corrected chi connectivity index (χ0v) is 38.6. The summed E-state index contributed by atoms with van der Waals surface area (Å²) in [6.07, 6.45) is 14.4. The number of pyridine rings is 1. The minimum Gasteiger partial charge on any atom is -0.507 e. The molecule has 8 aliphatic rings. The van der Waals surface area contributed by atoms with E-state index in [1.807, 2.05) is 0 Å². The maximum Gasteiger partial charge on any atom is 0.127 e. The van der Waals surface area contributed by atoms with Crippen molar-refractivity contribution in [3.63, 3.8) is 0 Å². The van der Waals surface area contributed by atoms with E-state index >= 15 is 0 Å². The van der Waals surface area contributed by atoms with Crippen molar-refractivity contribution in [1.29, 1.82) is 0 Å². The van der Waals surface area contributed by atoms with Gasteiger partial charge in [-0.05, 0) is 200 Å². The van der Waals surface area contributed by atoms with E-state index in [2.05, 4.69) is 134 Å². The molecule has 4 aromatic carbocycles. The summed E-state index contributed by atoms with van der Waals surface area (Å²) in [4.78, 5) is 5.57. The van der Waals surface area contributed by atoms with Crippen LogP contribution in [-0.4, -0.2) is 15.2 Å². The largest absolute Gasteiger partial charge is 0.507 e.